The number of hydrogen-bond donors (Lipinski definition) is 2. The molecule has 0 aromatic carbocycles. The van der Waals surface area contributed by atoms with Crippen LogP contribution in [0.1, 0.15) is 32.6 Å². The molecule has 15 heavy (non-hydrogen) atoms. The maximum atomic E-state index is 11.8. The maximum absolute atomic E-state index is 11.8. The Morgan fingerprint density at radius 1 is 1.47 bits per heavy atom. The molecule has 2 heterocycles. The first-order valence-electron chi connectivity index (χ1n) is 5.91. The van der Waals surface area contributed by atoms with Crippen LogP contribution in [0.25, 0.3) is 0 Å². The van der Waals surface area contributed by atoms with E-state index >= 15 is 0 Å². The Morgan fingerprint density at radius 3 is 3.00 bits per heavy atom. The van der Waals surface area contributed by atoms with E-state index in [1.54, 1.807) is 0 Å². The predicted molar refractivity (Wildman–Crippen MR) is 57.6 cm³/mol. The first-order chi connectivity index (χ1) is 7.25. The largest absolute Gasteiger partial charge is 0.378 e. The number of ether oxygens (including phenoxy) is 1. The van der Waals surface area contributed by atoms with Crippen LogP contribution in [0.4, 0.5) is 0 Å². The Hall–Kier alpha value is -0.610. The molecule has 0 saturated carbocycles. The lowest BCUT2D eigenvalue weighted by molar-refractivity contribution is -0.124. The van der Waals surface area contributed by atoms with Crippen molar-refractivity contribution in [1.82, 2.24) is 10.6 Å². The number of carbonyl (C=O) groups is 1. The zero-order valence-electron chi connectivity index (χ0n) is 9.29. The molecule has 0 aliphatic carbocycles. The molecule has 0 aromatic rings. The zero-order chi connectivity index (χ0) is 10.7. The van der Waals surface area contributed by atoms with E-state index in [1.807, 2.05) is 0 Å². The van der Waals surface area contributed by atoms with Gasteiger partial charge in [-0.25, -0.2) is 0 Å². The summed E-state index contributed by atoms with van der Waals surface area (Å²) in [7, 11) is 0. The molecule has 2 fully saturated rings. The number of rotatable bonds is 2. The van der Waals surface area contributed by atoms with Gasteiger partial charge in [0.15, 0.2) is 0 Å². The van der Waals surface area contributed by atoms with Gasteiger partial charge in [0.1, 0.15) is 0 Å². The molecule has 2 saturated heterocycles. The van der Waals surface area contributed by atoms with Crippen LogP contribution in [0.15, 0.2) is 0 Å². The van der Waals surface area contributed by atoms with Gasteiger partial charge in [-0.15, -0.1) is 0 Å². The molecule has 4 heteroatoms. The molecule has 0 spiro atoms. The van der Waals surface area contributed by atoms with Gasteiger partial charge in [0.2, 0.25) is 5.91 Å². The Labute approximate surface area is 90.8 Å². The molecule has 0 radical (unpaired) electrons. The lowest BCUT2D eigenvalue weighted by Crippen LogP contribution is -2.48. The number of carbonyl (C=O) groups excluding carboxylic acids is 1. The van der Waals surface area contributed by atoms with Crippen LogP contribution >= 0.6 is 0 Å². The number of nitrogens with one attached hydrogen (secondary N) is 2. The fourth-order valence-electron chi connectivity index (χ4n) is 2.34. The zero-order valence-corrected chi connectivity index (χ0v) is 9.29. The second-order valence-electron chi connectivity index (χ2n) is 4.56. The molecular formula is C11H20N2O2. The van der Waals surface area contributed by atoms with Gasteiger partial charge in [0.05, 0.1) is 12.1 Å². The van der Waals surface area contributed by atoms with Gasteiger partial charge in [-0.3, -0.25) is 4.79 Å². The van der Waals surface area contributed by atoms with Gasteiger partial charge in [-0.2, -0.15) is 0 Å². The summed E-state index contributed by atoms with van der Waals surface area (Å²) in [6.45, 7) is 3.80. The van der Waals surface area contributed by atoms with Crippen molar-refractivity contribution >= 4 is 5.91 Å². The average Bonchev–Trinajstić information content (AvgIpc) is 2.70. The van der Waals surface area contributed by atoms with E-state index in [9.17, 15) is 4.79 Å². The summed E-state index contributed by atoms with van der Waals surface area (Å²) in [5.74, 6) is 0.173. The quantitative estimate of drug-likeness (QED) is 0.697. The molecule has 0 aromatic heterocycles. The number of hydrogen-bond acceptors (Lipinski definition) is 3. The summed E-state index contributed by atoms with van der Waals surface area (Å²) in [6.07, 6.45) is 4.26. The molecule has 1 amide bonds. The summed E-state index contributed by atoms with van der Waals surface area (Å²) in [5, 5.41) is 6.32. The molecule has 2 aliphatic rings. The van der Waals surface area contributed by atoms with Crippen molar-refractivity contribution in [2.75, 3.05) is 13.2 Å². The Bertz CT molecular complexity index is 227. The molecule has 2 N–H and O–H groups in total. The van der Waals surface area contributed by atoms with Gasteiger partial charge in [0.25, 0.3) is 0 Å². The van der Waals surface area contributed by atoms with E-state index in [-0.39, 0.29) is 18.1 Å². The lowest BCUT2D eigenvalue weighted by Gasteiger charge is -2.28. The fraction of sp³-hybridized carbons (Fsp3) is 0.909. The first-order valence-corrected chi connectivity index (χ1v) is 5.91. The molecule has 3 atom stereocenters. The van der Waals surface area contributed by atoms with Crippen molar-refractivity contribution in [2.24, 2.45) is 0 Å². The molecule has 86 valence electrons. The second kappa shape index (κ2) is 4.94. The molecule has 2 rings (SSSR count). The molecule has 0 bridgehead atoms. The highest BCUT2D eigenvalue weighted by Crippen LogP contribution is 2.14. The van der Waals surface area contributed by atoms with Crippen molar-refractivity contribution in [3.05, 3.63) is 0 Å². The van der Waals surface area contributed by atoms with Crippen LogP contribution in [0.2, 0.25) is 0 Å². The van der Waals surface area contributed by atoms with E-state index in [0.717, 1.165) is 38.8 Å². The monoisotopic (exact) mass is 212 g/mol. The van der Waals surface area contributed by atoms with Gasteiger partial charge in [-0.05, 0) is 39.2 Å². The van der Waals surface area contributed by atoms with Crippen LogP contribution in [0, 0.1) is 0 Å². The summed E-state index contributed by atoms with van der Waals surface area (Å²) in [4.78, 5) is 11.8. The Morgan fingerprint density at radius 2 is 2.33 bits per heavy atom. The van der Waals surface area contributed by atoms with Gasteiger partial charge in [0, 0.05) is 12.6 Å². The molecular weight excluding hydrogens is 192 g/mol. The van der Waals surface area contributed by atoms with Crippen molar-refractivity contribution in [1.29, 1.82) is 0 Å². The Balaban J connectivity index is 1.77. The minimum Gasteiger partial charge on any atom is -0.378 e. The van der Waals surface area contributed by atoms with Gasteiger partial charge >= 0.3 is 0 Å². The standard InChI is InChI=1S/C11H20N2O2/c1-8-7-9(4-6-15-8)13-11(14)10-3-2-5-12-10/h8-10,12H,2-7H2,1H3,(H,13,14). The van der Waals surface area contributed by atoms with Gasteiger partial charge < -0.3 is 15.4 Å². The van der Waals surface area contributed by atoms with Crippen molar-refractivity contribution in [2.45, 2.75) is 50.8 Å². The van der Waals surface area contributed by atoms with E-state index in [2.05, 4.69) is 17.6 Å². The predicted octanol–water partition coefficient (Wildman–Crippen LogP) is 0.422. The normalized spacial score (nSPS) is 36.5. The molecule has 2 aliphatic heterocycles. The van der Waals surface area contributed by atoms with Gasteiger partial charge in [-0.1, -0.05) is 0 Å². The third kappa shape index (κ3) is 2.92. The highest BCUT2D eigenvalue weighted by molar-refractivity contribution is 5.82. The van der Waals surface area contributed by atoms with Crippen LogP contribution in [-0.4, -0.2) is 37.2 Å². The smallest absolute Gasteiger partial charge is 0.237 e. The van der Waals surface area contributed by atoms with Crippen LogP contribution in [0.3, 0.4) is 0 Å². The second-order valence-corrected chi connectivity index (χ2v) is 4.56. The first kappa shape index (κ1) is 10.9. The number of amides is 1. The van der Waals surface area contributed by atoms with Crippen molar-refractivity contribution < 1.29 is 9.53 Å². The average molecular weight is 212 g/mol. The molecule has 4 nitrogen and oxygen atoms in total. The fourth-order valence-corrected chi connectivity index (χ4v) is 2.34. The van der Waals surface area contributed by atoms with E-state index in [4.69, 9.17) is 4.74 Å². The van der Waals surface area contributed by atoms with E-state index in [1.165, 1.54) is 0 Å². The summed E-state index contributed by atoms with van der Waals surface area (Å²) in [6, 6.07) is 0.354. The van der Waals surface area contributed by atoms with Crippen LogP contribution in [0.5, 0.6) is 0 Å². The van der Waals surface area contributed by atoms with Crippen LogP contribution in [-0.2, 0) is 9.53 Å². The lowest BCUT2D eigenvalue weighted by atomic mass is 10.0. The third-order valence-electron chi connectivity index (χ3n) is 3.21. The highest BCUT2D eigenvalue weighted by atomic mass is 16.5. The van der Waals surface area contributed by atoms with E-state index in [0.29, 0.717) is 6.04 Å². The highest BCUT2D eigenvalue weighted by Gasteiger charge is 2.26. The minimum absolute atomic E-state index is 0.0446. The summed E-state index contributed by atoms with van der Waals surface area (Å²) in [5.41, 5.74) is 0. The SMILES string of the molecule is CC1CC(NC(=O)C2CCCN2)CCO1. The van der Waals surface area contributed by atoms with Crippen LogP contribution < -0.4 is 10.6 Å². The minimum atomic E-state index is 0.0446. The summed E-state index contributed by atoms with van der Waals surface area (Å²) < 4.78 is 5.45. The topological polar surface area (TPSA) is 50.4 Å². The summed E-state index contributed by atoms with van der Waals surface area (Å²) >= 11 is 0. The van der Waals surface area contributed by atoms with Crippen molar-refractivity contribution in [3.63, 3.8) is 0 Å². The van der Waals surface area contributed by atoms with Crippen molar-refractivity contribution in [3.8, 4) is 0 Å². The molecule has 3 unspecified atom stereocenters. The third-order valence-corrected chi connectivity index (χ3v) is 3.21. The maximum Gasteiger partial charge on any atom is 0.237 e. The Kier molecular flexibility index (Phi) is 3.59. The van der Waals surface area contributed by atoms with E-state index < -0.39 is 0 Å².